The summed E-state index contributed by atoms with van der Waals surface area (Å²) in [7, 11) is 0. The van der Waals surface area contributed by atoms with Crippen molar-refractivity contribution in [2.75, 3.05) is 52.4 Å². The maximum absolute atomic E-state index is 3.69. The van der Waals surface area contributed by atoms with Crippen LogP contribution in [0.5, 0.6) is 0 Å². The van der Waals surface area contributed by atoms with E-state index in [1.807, 2.05) is 0 Å². The van der Waals surface area contributed by atoms with Crippen LogP contribution < -0.4 is 16.0 Å². The third kappa shape index (κ3) is 4.39. The highest BCUT2D eigenvalue weighted by molar-refractivity contribution is 4.80. The molecule has 2 saturated heterocycles. The second-order valence-electron chi connectivity index (χ2n) is 6.01. The molecule has 0 bridgehead atoms. The highest BCUT2D eigenvalue weighted by Gasteiger charge is 2.23. The van der Waals surface area contributed by atoms with Crippen LogP contribution >= 0.6 is 0 Å². The van der Waals surface area contributed by atoms with Crippen molar-refractivity contribution >= 4 is 0 Å². The topological polar surface area (TPSA) is 42.6 Å². The van der Waals surface area contributed by atoms with Crippen LogP contribution in [-0.4, -0.2) is 80.4 Å². The first-order chi connectivity index (χ1) is 9.18. The summed E-state index contributed by atoms with van der Waals surface area (Å²) in [5, 5.41) is 10.6. The van der Waals surface area contributed by atoms with E-state index in [1.54, 1.807) is 0 Å². The van der Waals surface area contributed by atoms with E-state index in [0.717, 1.165) is 45.8 Å². The summed E-state index contributed by atoms with van der Waals surface area (Å²) >= 11 is 0. The fraction of sp³-hybridized carbons (Fsp3) is 1.00. The van der Waals surface area contributed by atoms with Gasteiger partial charge in [0.1, 0.15) is 0 Å². The van der Waals surface area contributed by atoms with Crippen molar-refractivity contribution < 1.29 is 0 Å². The van der Waals surface area contributed by atoms with Crippen molar-refractivity contribution in [3.8, 4) is 0 Å². The number of rotatable bonds is 5. The molecule has 2 aliphatic rings. The van der Waals surface area contributed by atoms with E-state index in [-0.39, 0.29) is 0 Å². The standard InChI is InChI=1S/C14H31N5/c1-12-10-15-4-7-18(12)8-6-17-14(3)19-9-5-16-11-13(19)2/h12-17H,4-11H2,1-3H3. The molecule has 19 heavy (non-hydrogen) atoms. The molecule has 5 nitrogen and oxygen atoms in total. The molecule has 0 radical (unpaired) electrons. The van der Waals surface area contributed by atoms with Gasteiger partial charge < -0.3 is 16.0 Å². The van der Waals surface area contributed by atoms with E-state index in [9.17, 15) is 0 Å². The molecule has 2 fully saturated rings. The van der Waals surface area contributed by atoms with Gasteiger partial charge in [-0.15, -0.1) is 0 Å². The Hall–Kier alpha value is -0.200. The van der Waals surface area contributed by atoms with E-state index >= 15 is 0 Å². The minimum Gasteiger partial charge on any atom is -0.314 e. The number of nitrogens with one attached hydrogen (secondary N) is 3. The van der Waals surface area contributed by atoms with Crippen LogP contribution in [0.2, 0.25) is 0 Å². The molecule has 5 heteroatoms. The fourth-order valence-electron chi connectivity index (χ4n) is 3.18. The van der Waals surface area contributed by atoms with Gasteiger partial charge in [0, 0.05) is 64.4 Å². The molecule has 0 amide bonds. The first-order valence-corrected chi connectivity index (χ1v) is 7.83. The molecule has 0 aliphatic carbocycles. The molecule has 2 heterocycles. The molecule has 0 aromatic carbocycles. The Bertz CT molecular complexity index is 260. The molecular formula is C14H31N5. The monoisotopic (exact) mass is 269 g/mol. The zero-order valence-electron chi connectivity index (χ0n) is 12.8. The van der Waals surface area contributed by atoms with Crippen LogP contribution in [-0.2, 0) is 0 Å². The molecule has 0 spiro atoms. The van der Waals surface area contributed by atoms with Crippen molar-refractivity contribution in [3.63, 3.8) is 0 Å². The average molecular weight is 269 g/mol. The summed E-state index contributed by atoms with van der Waals surface area (Å²) in [6.45, 7) is 16.0. The Morgan fingerprint density at radius 3 is 2.47 bits per heavy atom. The fourth-order valence-corrected chi connectivity index (χ4v) is 3.18. The molecular weight excluding hydrogens is 238 g/mol. The molecule has 0 aromatic rings. The van der Waals surface area contributed by atoms with Gasteiger partial charge in [-0.25, -0.2) is 0 Å². The lowest BCUT2D eigenvalue weighted by molar-refractivity contribution is 0.0988. The van der Waals surface area contributed by atoms with Gasteiger partial charge in [0.2, 0.25) is 0 Å². The van der Waals surface area contributed by atoms with E-state index in [4.69, 9.17) is 0 Å². The van der Waals surface area contributed by atoms with Gasteiger partial charge in [0.15, 0.2) is 0 Å². The van der Waals surface area contributed by atoms with Crippen molar-refractivity contribution in [3.05, 3.63) is 0 Å². The maximum atomic E-state index is 3.69. The lowest BCUT2D eigenvalue weighted by atomic mass is 10.2. The average Bonchev–Trinajstić information content (AvgIpc) is 2.41. The lowest BCUT2D eigenvalue weighted by Gasteiger charge is -2.39. The molecule has 112 valence electrons. The second kappa shape index (κ2) is 7.55. The van der Waals surface area contributed by atoms with E-state index in [2.05, 4.69) is 46.5 Å². The Labute approximate surface area is 118 Å². The van der Waals surface area contributed by atoms with Crippen molar-refractivity contribution in [1.29, 1.82) is 0 Å². The smallest absolute Gasteiger partial charge is 0.0571 e. The predicted octanol–water partition coefficient (Wildman–Crippen LogP) is -0.491. The van der Waals surface area contributed by atoms with Gasteiger partial charge in [-0.2, -0.15) is 0 Å². The summed E-state index contributed by atoms with van der Waals surface area (Å²) in [5.74, 6) is 0. The van der Waals surface area contributed by atoms with Crippen LogP contribution in [0.3, 0.4) is 0 Å². The molecule has 3 N–H and O–H groups in total. The molecule has 2 rings (SSSR count). The third-order valence-electron chi connectivity index (χ3n) is 4.53. The quantitative estimate of drug-likeness (QED) is 0.628. The molecule has 3 unspecified atom stereocenters. The minimum atomic E-state index is 0.482. The first kappa shape index (κ1) is 15.2. The summed E-state index contributed by atoms with van der Waals surface area (Å²) in [6.07, 6.45) is 0.482. The summed E-state index contributed by atoms with van der Waals surface area (Å²) in [4.78, 5) is 5.15. The Morgan fingerprint density at radius 1 is 1.11 bits per heavy atom. The number of hydrogen-bond donors (Lipinski definition) is 3. The van der Waals surface area contributed by atoms with Gasteiger partial charge in [0.05, 0.1) is 6.17 Å². The summed E-state index contributed by atoms with van der Waals surface area (Å²) < 4.78 is 0. The summed E-state index contributed by atoms with van der Waals surface area (Å²) in [5.41, 5.74) is 0. The van der Waals surface area contributed by atoms with Gasteiger partial charge >= 0.3 is 0 Å². The van der Waals surface area contributed by atoms with E-state index in [1.165, 1.54) is 6.54 Å². The second-order valence-corrected chi connectivity index (χ2v) is 6.01. The third-order valence-corrected chi connectivity index (χ3v) is 4.53. The van der Waals surface area contributed by atoms with Gasteiger partial charge in [-0.3, -0.25) is 9.80 Å². The number of hydrogen-bond acceptors (Lipinski definition) is 5. The zero-order chi connectivity index (χ0) is 13.7. The van der Waals surface area contributed by atoms with Gasteiger partial charge in [-0.1, -0.05) is 0 Å². The largest absolute Gasteiger partial charge is 0.314 e. The predicted molar refractivity (Wildman–Crippen MR) is 80.4 cm³/mol. The van der Waals surface area contributed by atoms with E-state index < -0.39 is 0 Å². The minimum absolute atomic E-state index is 0.482. The highest BCUT2D eigenvalue weighted by atomic mass is 15.3. The van der Waals surface area contributed by atoms with Crippen molar-refractivity contribution in [2.45, 2.75) is 39.0 Å². The zero-order valence-corrected chi connectivity index (χ0v) is 12.8. The summed E-state index contributed by atoms with van der Waals surface area (Å²) in [6, 6.07) is 1.30. The Kier molecular flexibility index (Phi) is 6.04. The Balaban J connectivity index is 1.66. The van der Waals surface area contributed by atoms with Crippen LogP contribution in [0.25, 0.3) is 0 Å². The number of piperazine rings is 2. The van der Waals surface area contributed by atoms with Crippen molar-refractivity contribution in [2.24, 2.45) is 0 Å². The van der Waals surface area contributed by atoms with Crippen LogP contribution in [0.1, 0.15) is 20.8 Å². The van der Waals surface area contributed by atoms with Crippen LogP contribution in [0, 0.1) is 0 Å². The normalized spacial score (nSPS) is 32.4. The molecule has 0 aromatic heterocycles. The highest BCUT2D eigenvalue weighted by Crippen LogP contribution is 2.06. The SMILES string of the molecule is CC1CNCCN1CCNC(C)N1CCNCC1C. The number of nitrogens with zero attached hydrogens (tertiary/aromatic N) is 2. The molecule has 3 atom stereocenters. The molecule has 2 aliphatic heterocycles. The van der Waals surface area contributed by atoms with Crippen LogP contribution in [0.4, 0.5) is 0 Å². The van der Waals surface area contributed by atoms with Crippen molar-refractivity contribution in [1.82, 2.24) is 25.8 Å². The first-order valence-electron chi connectivity index (χ1n) is 7.83. The van der Waals surface area contributed by atoms with E-state index in [0.29, 0.717) is 18.2 Å². The lowest BCUT2D eigenvalue weighted by Crippen LogP contribution is -2.58. The Morgan fingerprint density at radius 2 is 1.79 bits per heavy atom. The molecule has 0 saturated carbocycles. The van der Waals surface area contributed by atoms with Crippen LogP contribution in [0.15, 0.2) is 0 Å². The maximum Gasteiger partial charge on any atom is 0.0571 e. The van der Waals surface area contributed by atoms with Gasteiger partial charge in [-0.05, 0) is 20.8 Å². The van der Waals surface area contributed by atoms with Gasteiger partial charge in [0.25, 0.3) is 0 Å².